The molecule has 13 rings (SSSR count). The van der Waals surface area contributed by atoms with Crippen molar-refractivity contribution in [2.45, 2.75) is 0 Å². The summed E-state index contributed by atoms with van der Waals surface area (Å²) in [5, 5.41) is 15.9. The summed E-state index contributed by atoms with van der Waals surface area (Å²) in [7, 11) is -3.47. The highest BCUT2D eigenvalue weighted by atomic mass is 31.2. The lowest BCUT2D eigenvalue weighted by atomic mass is 9.95. The summed E-state index contributed by atoms with van der Waals surface area (Å²) in [6.07, 6.45) is 0. The van der Waals surface area contributed by atoms with Crippen LogP contribution < -0.4 is 15.9 Å². The molecule has 0 saturated carbocycles. The molecule has 0 spiro atoms. The van der Waals surface area contributed by atoms with E-state index in [1.165, 1.54) is 10.8 Å². The second-order valence-corrected chi connectivity index (χ2v) is 19.0. The first-order chi connectivity index (χ1) is 30.6. The van der Waals surface area contributed by atoms with Crippen LogP contribution in [-0.2, 0) is 4.57 Å². The van der Waals surface area contributed by atoms with Crippen molar-refractivity contribution in [2.75, 3.05) is 0 Å². The average Bonchev–Trinajstić information content (AvgIpc) is 3.94. The normalized spacial score (nSPS) is 12.3. The maximum Gasteiger partial charge on any atom is 0.171 e. The third-order valence-corrected chi connectivity index (χ3v) is 15.9. The fraction of sp³-hybridized carbons (Fsp3) is 0. The van der Waals surface area contributed by atoms with Crippen LogP contribution in [0, 0.1) is 0 Å². The minimum atomic E-state index is -3.47. The first-order valence-corrected chi connectivity index (χ1v) is 22.7. The summed E-state index contributed by atoms with van der Waals surface area (Å²) < 4.78 is 30.2. The molecular formula is C58H35O3P. The standard InChI is InChI=1S/C58H35O3P/c59-62(42-20-2-1-3-21-42,43-22-12-18-38(32-43)49-34-40-16-6-10-26-47(40)55-53-45-24-8-4-14-36(45)28-30-51(53)60-57(49)55)44-23-13-19-39(33-44)50-35-41-17-7-11-27-48(41)56-54-46-25-9-5-15-37(46)29-31-52(54)61-58(50)56/h1-35H. The monoisotopic (exact) mass is 810 g/mol. The number of hydrogen-bond donors (Lipinski definition) is 0. The quantitative estimate of drug-likeness (QED) is 0.163. The van der Waals surface area contributed by atoms with Crippen LogP contribution in [0.3, 0.4) is 0 Å². The second-order valence-electron chi connectivity index (χ2n) is 16.3. The van der Waals surface area contributed by atoms with Crippen molar-refractivity contribution < 1.29 is 13.4 Å². The van der Waals surface area contributed by atoms with Gasteiger partial charge in [0.05, 0.1) is 0 Å². The number of rotatable bonds is 5. The highest BCUT2D eigenvalue weighted by Crippen LogP contribution is 2.48. The van der Waals surface area contributed by atoms with E-state index in [1.807, 2.05) is 54.6 Å². The van der Waals surface area contributed by atoms with Crippen LogP contribution in [0.4, 0.5) is 0 Å². The summed E-state index contributed by atoms with van der Waals surface area (Å²) in [6, 6.07) is 73.4. The van der Waals surface area contributed by atoms with Gasteiger partial charge in [-0.3, -0.25) is 0 Å². The molecule has 62 heavy (non-hydrogen) atoms. The molecule has 3 nitrogen and oxygen atoms in total. The summed E-state index contributed by atoms with van der Waals surface area (Å²) in [6.45, 7) is 0. The predicted molar refractivity (Wildman–Crippen MR) is 261 cm³/mol. The zero-order valence-electron chi connectivity index (χ0n) is 33.4. The average molecular weight is 811 g/mol. The maximum atomic E-state index is 16.5. The highest BCUT2D eigenvalue weighted by molar-refractivity contribution is 7.85. The van der Waals surface area contributed by atoms with Gasteiger partial charge in [-0.25, -0.2) is 0 Å². The zero-order valence-corrected chi connectivity index (χ0v) is 34.3. The predicted octanol–water partition coefficient (Wildman–Crippen LogP) is 15.1. The molecule has 0 unspecified atom stereocenters. The van der Waals surface area contributed by atoms with E-state index in [2.05, 4.69) is 158 Å². The summed E-state index contributed by atoms with van der Waals surface area (Å²) in [5.41, 5.74) is 7.15. The van der Waals surface area contributed by atoms with Gasteiger partial charge in [0.15, 0.2) is 7.14 Å². The van der Waals surface area contributed by atoms with Gasteiger partial charge in [0.2, 0.25) is 0 Å². The summed E-state index contributed by atoms with van der Waals surface area (Å²) in [4.78, 5) is 0. The lowest BCUT2D eigenvalue weighted by Crippen LogP contribution is -2.25. The Hall–Kier alpha value is -7.71. The van der Waals surface area contributed by atoms with Crippen molar-refractivity contribution in [3.63, 3.8) is 0 Å². The van der Waals surface area contributed by atoms with Gasteiger partial charge in [-0.1, -0.05) is 176 Å². The molecule has 0 aliphatic carbocycles. The van der Waals surface area contributed by atoms with Gasteiger partial charge in [0, 0.05) is 48.6 Å². The number of hydrogen-bond acceptors (Lipinski definition) is 3. The minimum absolute atomic E-state index is 0.750. The topological polar surface area (TPSA) is 43.4 Å². The Balaban J connectivity index is 1.04. The van der Waals surface area contributed by atoms with Crippen molar-refractivity contribution in [3.05, 3.63) is 212 Å². The highest BCUT2D eigenvalue weighted by Gasteiger charge is 2.31. The van der Waals surface area contributed by atoms with E-state index < -0.39 is 7.14 Å². The van der Waals surface area contributed by atoms with Crippen LogP contribution in [0.5, 0.6) is 0 Å². The van der Waals surface area contributed by atoms with Gasteiger partial charge in [0.1, 0.15) is 22.3 Å². The fourth-order valence-corrected chi connectivity index (χ4v) is 12.7. The Morgan fingerprint density at radius 2 is 0.694 bits per heavy atom. The first kappa shape index (κ1) is 35.1. The largest absolute Gasteiger partial charge is 0.455 e. The van der Waals surface area contributed by atoms with Crippen LogP contribution in [0.25, 0.3) is 109 Å². The molecule has 13 aromatic rings. The van der Waals surface area contributed by atoms with E-state index in [1.54, 1.807) is 0 Å². The first-order valence-electron chi connectivity index (χ1n) is 21.0. The second kappa shape index (κ2) is 13.4. The van der Waals surface area contributed by atoms with E-state index in [0.717, 1.165) is 114 Å². The molecule has 4 heteroatoms. The molecule has 2 heterocycles. The molecule has 0 amide bonds. The molecule has 0 N–H and O–H groups in total. The van der Waals surface area contributed by atoms with E-state index >= 15 is 4.57 Å². The van der Waals surface area contributed by atoms with Gasteiger partial charge in [-0.15, -0.1) is 0 Å². The van der Waals surface area contributed by atoms with Crippen molar-refractivity contribution in [1.82, 2.24) is 0 Å². The van der Waals surface area contributed by atoms with Gasteiger partial charge in [-0.05, 0) is 90.6 Å². The molecule has 0 bridgehead atoms. The van der Waals surface area contributed by atoms with E-state index in [9.17, 15) is 0 Å². The van der Waals surface area contributed by atoms with Gasteiger partial charge >= 0.3 is 0 Å². The molecule has 0 radical (unpaired) electrons. The summed E-state index contributed by atoms with van der Waals surface area (Å²) >= 11 is 0. The lowest BCUT2D eigenvalue weighted by molar-refractivity contribution is 0.592. The van der Waals surface area contributed by atoms with Crippen molar-refractivity contribution >= 4 is 110 Å². The Kier molecular flexibility index (Phi) is 7.58. The third-order valence-electron chi connectivity index (χ3n) is 12.9. The molecular weight excluding hydrogens is 776 g/mol. The molecule has 2 aromatic heterocycles. The Morgan fingerprint density at radius 1 is 0.306 bits per heavy atom. The molecule has 290 valence electrons. The SMILES string of the molecule is O=P(c1ccccc1)(c1cccc(-c2cc3ccccc3c3c2oc2ccc4ccccc4c23)c1)c1cccc(-c2cc3ccccc3c3c2oc2ccc4ccccc4c23)c1. The van der Waals surface area contributed by atoms with Crippen LogP contribution >= 0.6 is 7.14 Å². The Labute approximate surface area is 356 Å². The van der Waals surface area contributed by atoms with Gasteiger partial charge in [-0.2, -0.15) is 0 Å². The molecule has 0 fully saturated rings. The van der Waals surface area contributed by atoms with Crippen LogP contribution in [0.2, 0.25) is 0 Å². The molecule has 0 aliphatic rings. The Bertz CT molecular complexity index is 3780. The molecule has 0 aliphatic heterocycles. The minimum Gasteiger partial charge on any atom is -0.455 e. The fourth-order valence-electron chi connectivity index (χ4n) is 10.0. The van der Waals surface area contributed by atoms with Crippen LogP contribution in [-0.4, -0.2) is 0 Å². The zero-order chi connectivity index (χ0) is 40.9. The van der Waals surface area contributed by atoms with Crippen LogP contribution in [0.1, 0.15) is 0 Å². The Morgan fingerprint density at radius 3 is 1.16 bits per heavy atom. The third kappa shape index (κ3) is 5.10. The van der Waals surface area contributed by atoms with Crippen molar-refractivity contribution in [3.8, 4) is 22.3 Å². The molecule has 0 saturated heterocycles. The van der Waals surface area contributed by atoms with Crippen LogP contribution in [0.15, 0.2) is 221 Å². The van der Waals surface area contributed by atoms with Crippen molar-refractivity contribution in [2.24, 2.45) is 0 Å². The molecule has 0 atom stereocenters. The van der Waals surface area contributed by atoms with E-state index in [0.29, 0.717) is 0 Å². The lowest BCUT2D eigenvalue weighted by Gasteiger charge is -2.22. The van der Waals surface area contributed by atoms with E-state index in [-0.39, 0.29) is 0 Å². The van der Waals surface area contributed by atoms with Crippen molar-refractivity contribution in [1.29, 1.82) is 0 Å². The summed E-state index contributed by atoms with van der Waals surface area (Å²) in [5.74, 6) is 0. The number of fused-ring (bicyclic) bond motifs is 14. The molecule has 11 aromatic carbocycles. The smallest absolute Gasteiger partial charge is 0.171 e. The maximum absolute atomic E-state index is 16.5. The van der Waals surface area contributed by atoms with E-state index in [4.69, 9.17) is 8.83 Å². The number of furan rings is 2. The van der Waals surface area contributed by atoms with Gasteiger partial charge < -0.3 is 13.4 Å². The number of benzene rings is 11. The van der Waals surface area contributed by atoms with Gasteiger partial charge in [0.25, 0.3) is 0 Å².